The van der Waals surface area contributed by atoms with Gasteiger partial charge in [0, 0.05) is 6.54 Å². The Hall–Kier alpha value is -3.66. The molecule has 1 saturated carbocycles. The molecule has 0 saturated heterocycles. The van der Waals surface area contributed by atoms with Gasteiger partial charge >= 0.3 is 6.18 Å². The van der Waals surface area contributed by atoms with Crippen LogP contribution in [0.2, 0.25) is 0 Å². The number of methoxy groups -OCH3 is 1. The molecule has 5 rings (SSSR count). The Balaban J connectivity index is 1.41. The van der Waals surface area contributed by atoms with Crippen molar-refractivity contribution in [2.75, 3.05) is 13.7 Å². The molecule has 1 aliphatic carbocycles. The fourth-order valence-corrected chi connectivity index (χ4v) is 4.94. The number of amides is 1. The number of aliphatic hydroxyl groups is 1. The van der Waals surface area contributed by atoms with Crippen LogP contribution in [-0.4, -0.2) is 39.5 Å². The van der Waals surface area contributed by atoms with E-state index in [1.54, 1.807) is 7.11 Å². The van der Waals surface area contributed by atoms with E-state index in [4.69, 9.17) is 9.72 Å². The zero-order valence-corrected chi connectivity index (χ0v) is 20.1. The highest BCUT2D eigenvalue weighted by Gasteiger charge is 2.49. The summed E-state index contributed by atoms with van der Waals surface area (Å²) in [5.74, 6) is 0.535. The minimum atomic E-state index is -4.60. The van der Waals surface area contributed by atoms with Crippen molar-refractivity contribution in [1.29, 1.82) is 0 Å². The third-order valence-electron chi connectivity index (χ3n) is 7.19. The number of aromatic nitrogens is 2. The first-order valence-corrected chi connectivity index (χ1v) is 12.0. The average molecular weight is 514 g/mol. The van der Waals surface area contributed by atoms with Crippen molar-refractivity contribution in [1.82, 2.24) is 14.9 Å². The van der Waals surface area contributed by atoms with E-state index in [1.165, 1.54) is 11.0 Å². The molecule has 1 amide bonds. The van der Waals surface area contributed by atoms with Crippen molar-refractivity contribution < 1.29 is 27.8 Å². The van der Waals surface area contributed by atoms with Crippen LogP contribution >= 0.6 is 0 Å². The second-order valence-corrected chi connectivity index (χ2v) is 9.54. The number of rotatable bonds is 5. The number of benzene rings is 2. The lowest BCUT2D eigenvalue weighted by Gasteiger charge is -2.24. The number of ether oxygens (including phenoxy) is 1. The lowest BCUT2D eigenvalue weighted by molar-refractivity contribution is -0.142. The second kappa shape index (κ2) is 9.33. The molecule has 194 valence electrons. The van der Waals surface area contributed by atoms with E-state index >= 15 is 0 Å². The number of alkyl halides is 3. The van der Waals surface area contributed by atoms with E-state index in [-0.39, 0.29) is 24.2 Å². The number of hydrogen-bond acceptors (Lipinski definition) is 5. The SMILES string of the molecule is COc1cccc(C2(c3nc4c(c(=O)[nH]3)CN(C(=O)[C@H](O)c3cccc(C(F)(F)F)c3)CCC4)CC2)c1. The summed E-state index contributed by atoms with van der Waals surface area (Å²) in [5.41, 5.74) is 0.0672. The van der Waals surface area contributed by atoms with Gasteiger partial charge in [0.15, 0.2) is 6.10 Å². The van der Waals surface area contributed by atoms with Gasteiger partial charge in [0.2, 0.25) is 0 Å². The average Bonchev–Trinajstić information content (AvgIpc) is 3.72. The van der Waals surface area contributed by atoms with Gasteiger partial charge in [-0.2, -0.15) is 13.2 Å². The summed E-state index contributed by atoms with van der Waals surface area (Å²) < 4.78 is 44.6. The van der Waals surface area contributed by atoms with Crippen LogP contribution in [0, 0.1) is 0 Å². The largest absolute Gasteiger partial charge is 0.497 e. The smallest absolute Gasteiger partial charge is 0.416 e. The summed E-state index contributed by atoms with van der Waals surface area (Å²) in [4.78, 5) is 35.3. The Bertz CT molecular complexity index is 1400. The molecular weight excluding hydrogens is 487 g/mol. The van der Waals surface area contributed by atoms with Gasteiger partial charge in [-0.15, -0.1) is 0 Å². The quantitative estimate of drug-likeness (QED) is 0.540. The van der Waals surface area contributed by atoms with Crippen LogP contribution in [0.1, 0.15) is 59.1 Å². The monoisotopic (exact) mass is 513 g/mol. The van der Waals surface area contributed by atoms with Crippen molar-refractivity contribution in [3.8, 4) is 5.75 Å². The highest BCUT2D eigenvalue weighted by Crippen LogP contribution is 2.52. The zero-order valence-electron chi connectivity index (χ0n) is 20.1. The molecule has 2 N–H and O–H groups in total. The first kappa shape index (κ1) is 25.0. The van der Waals surface area contributed by atoms with E-state index < -0.39 is 29.2 Å². The maximum atomic E-state index is 13.2. The Morgan fingerprint density at radius 2 is 1.95 bits per heavy atom. The van der Waals surface area contributed by atoms with Crippen molar-refractivity contribution in [2.45, 2.75) is 49.9 Å². The van der Waals surface area contributed by atoms with E-state index in [0.717, 1.165) is 42.4 Å². The van der Waals surface area contributed by atoms with Crippen LogP contribution in [0.3, 0.4) is 0 Å². The molecule has 3 aromatic rings. The molecule has 1 fully saturated rings. The summed E-state index contributed by atoms with van der Waals surface area (Å²) in [6.45, 7) is 0.153. The number of H-pyrrole nitrogens is 1. The number of aliphatic hydroxyl groups excluding tert-OH is 1. The predicted octanol–water partition coefficient (Wildman–Crippen LogP) is 3.89. The number of aromatic amines is 1. The number of hydrogen-bond donors (Lipinski definition) is 2. The summed E-state index contributed by atoms with van der Waals surface area (Å²) in [6.07, 6.45) is -3.76. The standard InChI is InChI=1S/C27H26F3N3O4/c1-37-19-8-3-6-17(14-19)26(10-11-26)25-31-21-9-4-12-33(15-20(21)23(35)32-25)24(36)22(34)16-5-2-7-18(13-16)27(28,29)30/h2-3,5-8,13-14,22,34H,4,9-12,15H2,1H3,(H,31,32,35)/t22-/m1/s1. The Kier molecular flexibility index (Phi) is 6.31. The van der Waals surface area contributed by atoms with Crippen LogP contribution in [0.25, 0.3) is 0 Å². The van der Waals surface area contributed by atoms with Crippen LogP contribution < -0.4 is 10.3 Å². The number of carbonyl (C=O) groups is 1. The van der Waals surface area contributed by atoms with Crippen LogP contribution in [-0.2, 0) is 29.4 Å². The molecule has 0 unspecified atom stereocenters. The molecule has 0 radical (unpaired) electrons. The number of fused-ring (bicyclic) bond motifs is 1. The third-order valence-corrected chi connectivity index (χ3v) is 7.19. The van der Waals surface area contributed by atoms with Gasteiger partial charge < -0.3 is 19.7 Å². The second-order valence-electron chi connectivity index (χ2n) is 9.54. The van der Waals surface area contributed by atoms with Gasteiger partial charge in [0.1, 0.15) is 11.6 Å². The summed E-state index contributed by atoms with van der Waals surface area (Å²) in [5, 5.41) is 10.6. The van der Waals surface area contributed by atoms with Crippen molar-refractivity contribution in [2.24, 2.45) is 0 Å². The molecule has 37 heavy (non-hydrogen) atoms. The molecule has 2 aromatic carbocycles. The van der Waals surface area contributed by atoms with Gasteiger partial charge in [0.05, 0.1) is 35.9 Å². The first-order valence-electron chi connectivity index (χ1n) is 12.0. The fraction of sp³-hybridized carbons (Fsp3) is 0.370. The minimum absolute atomic E-state index is 0.0844. The van der Waals surface area contributed by atoms with Gasteiger partial charge in [-0.1, -0.05) is 24.3 Å². The Morgan fingerprint density at radius 3 is 2.65 bits per heavy atom. The van der Waals surface area contributed by atoms with E-state index in [2.05, 4.69) is 4.98 Å². The summed E-state index contributed by atoms with van der Waals surface area (Å²) in [7, 11) is 1.60. The molecule has 2 aliphatic rings. The molecule has 1 atom stereocenters. The Labute approximate surface area is 210 Å². The molecule has 0 bridgehead atoms. The maximum absolute atomic E-state index is 13.2. The van der Waals surface area contributed by atoms with Gasteiger partial charge in [-0.05, 0) is 61.1 Å². The van der Waals surface area contributed by atoms with E-state index in [9.17, 15) is 27.9 Å². The van der Waals surface area contributed by atoms with Crippen molar-refractivity contribution >= 4 is 5.91 Å². The van der Waals surface area contributed by atoms with Crippen LogP contribution in [0.15, 0.2) is 53.3 Å². The number of aryl methyl sites for hydroxylation is 1. The highest BCUT2D eigenvalue weighted by molar-refractivity contribution is 5.82. The molecule has 7 nitrogen and oxygen atoms in total. The van der Waals surface area contributed by atoms with Gasteiger partial charge in [-0.25, -0.2) is 4.98 Å². The maximum Gasteiger partial charge on any atom is 0.416 e. The lowest BCUT2D eigenvalue weighted by atomic mass is 9.94. The fourth-order valence-electron chi connectivity index (χ4n) is 4.94. The first-order chi connectivity index (χ1) is 17.6. The number of halogens is 3. The number of nitrogens with zero attached hydrogens (tertiary/aromatic N) is 2. The van der Waals surface area contributed by atoms with Gasteiger partial charge in [0.25, 0.3) is 11.5 Å². The Morgan fingerprint density at radius 1 is 1.19 bits per heavy atom. The predicted molar refractivity (Wildman–Crippen MR) is 128 cm³/mol. The van der Waals surface area contributed by atoms with Crippen molar-refractivity contribution in [3.05, 3.63) is 92.7 Å². The van der Waals surface area contributed by atoms with Gasteiger partial charge in [-0.3, -0.25) is 9.59 Å². The van der Waals surface area contributed by atoms with E-state index in [1.807, 2.05) is 24.3 Å². The minimum Gasteiger partial charge on any atom is -0.497 e. The summed E-state index contributed by atoms with van der Waals surface area (Å²) >= 11 is 0. The molecule has 1 aromatic heterocycles. The molecule has 10 heteroatoms. The zero-order chi connectivity index (χ0) is 26.4. The van der Waals surface area contributed by atoms with E-state index in [0.29, 0.717) is 29.9 Å². The van der Waals surface area contributed by atoms with Crippen LogP contribution in [0.5, 0.6) is 5.75 Å². The van der Waals surface area contributed by atoms with Crippen molar-refractivity contribution in [3.63, 3.8) is 0 Å². The molecule has 0 spiro atoms. The third kappa shape index (κ3) is 4.73. The topological polar surface area (TPSA) is 95.5 Å². The van der Waals surface area contributed by atoms with Crippen LogP contribution in [0.4, 0.5) is 13.2 Å². The molecule has 1 aliphatic heterocycles. The summed E-state index contributed by atoms with van der Waals surface area (Å²) in [6, 6.07) is 11.7. The lowest BCUT2D eigenvalue weighted by Crippen LogP contribution is -2.36. The highest BCUT2D eigenvalue weighted by atomic mass is 19.4. The number of nitrogens with one attached hydrogen (secondary N) is 1. The normalized spacial score (nSPS) is 17.5. The number of carbonyl (C=O) groups excluding carboxylic acids is 1. The molecule has 2 heterocycles. The molecular formula is C27H26F3N3O4.